The Kier molecular flexibility index (Phi) is 7.43. The summed E-state index contributed by atoms with van der Waals surface area (Å²) in [4.78, 5) is 14.5. The number of hydrogen-bond acceptors (Lipinski definition) is 5. The zero-order valence-electron chi connectivity index (χ0n) is 16.6. The minimum Gasteiger partial charge on any atom is -0.497 e. The monoisotopic (exact) mass is 364 g/mol. The number of nitrogens with zero attached hydrogens (tertiary/aromatic N) is 1. The largest absolute Gasteiger partial charge is 0.497 e. The van der Waals surface area contributed by atoms with Crippen LogP contribution in [-0.4, -0.2) is 61.9 Å². The van der Waals surface area contributed by atoms with Crippen LogP contribution in [0, 0.1) is 0 Å². The van der Waals surface area contributed by atoms with E-state index in [0.717, 1.165) is 24.4 Å². The third-order valence-electron chi connectivity index (χ3n) is 4.63. The van der Waals surface area contributed by atoms with Crippen LogP contribution in [-0.2, 0) is 20.9 Å². The highest BCUT2D eigenvalue weighted by molar-refractivity contribution is 5.77. The number of methoxy groups -OCH3 is 1. The summed E-state index contributed by atoms with van der Waals surface area (Å²) in [6.45, 7) is 11.2. The second-order valence-corrected chi connectivity index (χ2v) is 7.60. The van der Waals surface area contributed by atoms with Crippen molar-refractivity contribution in [1.29, 1.82) is 0 Å². The second kappa shape index (κ2) is 9.35. The van der Waals surface area contributed by atoms with Gasteiger partial charge in [-0.15, -0.1) is 0 Å². The van der Waals surface area contributed by atoms with Gasteiger partial charge in [-0.3, -0.25) is 9.69 Å². The van der Waals surface area contributed by atoms with Crippen molar-refractivity contribution in [2.75, 3.05) is 33.4 Å². The molecule has 1 aromatic carbocycles. The highest BCUT2D eigenvalue weighted by Gasteiger charge is 2.33. The van der Waals surface area contributed by atoms with Gasteiger partial charge >= 0.3 is 0 Å². The number of hydrogen-bond donors (Lipinski definition) is 1. The fourth-order valence-corrected chi connectivity index (χ4v) is 3.17. The van der Waals surface area contributed by atoms with Gasteiger partial charge in [0, 0.05) is 25.2 Å². The van der Waals surface area contributed by atoms with E-state index in [1.54, 1.807) is 7.11 Å². The van der Waals surface area contributed by atoms with Gasteiger partial charge in [0.2, 0.25) is 5.91 Å². The Morgan fingerprint density at radius 1 is 1.31 bits per heavy atom. The van der Waals surface area contributed by atoms with E-state index >= 15 is 0 Å². The van der Waals surface area contributed by atoms with Crippen LogP contribution >= 0.6 is 0 Å². The lowest BCUT2D eigenvalue weighted by molar-refractivity contribution is -0.127. The number of ether oxygens (including phenoxy) is 3. The average molecular weight is 364 g/mol. The Morgan fingerprint density at radius 2 is 2.00 bits per heavy atom. The molecule has 2 atom stereocenters. The van der Waals surface area contributed by atoms with Gasteiger partial charge in [-0.05, 0) is 45.4 Å². The van der Waals surface area contributed by atoms with E-state index in [1.165, 1.54) is 0 Å². The molecule has 0 spiro atoms. The number of nitrogens with one attached hydrogen (secondary N) is 1. The van der Waals surface area contributed by atoms with Crippen LogP contribution in [0.25, 0.3) is 0 Å². The maximum Gasteiger partial charge on any atom is 0.246 e. The molecular formula is C20H32N2O4. The second-order valence-electron chi connectivity index (χ2n) is 7.60. The summed E-state index contributed by atoms with van der Waals surface area (Å²) in [5, 5.41) is 2.99. The Morgan fingerprint density at radius 3 is 2.65 bits per heavy atom. The first-order valence-corrected chi connectivity index (χ1v) is 9.18. The molecule has 1 aliphatic rings. The summed E-state index contributed by atoms with van der Waals surface area (Å²) in [6, 6.07) is 7.64. The van der Waals surface area contributed by atoms with Crippen molar-refractivity contribution < 1.29 is 19.0 Å². The molecule has 1 saturated heterocycles. The van der Waals surface area contributed by atoms with E-state index in [-0.39, 0.29) is 30.3 Å². The lowest BCUT2D eigenvalue weighted by Gasteiger charge is -2.45. The van der Waals surface area contributed by atoms with Gasteiger partial charge in [-0.1, -0.05) is 12.1 Å². The highest BCUT2D eigenvalue weighted by Crippen LogP contribution is 2.20. The number of carbonyl (C=O) groups is 1. The van der Waals surface area contributed by atoms with E-state index < -0.39 is 0 Å². The molecule has 0 bridgehead atoms. The van der Waals surface area contributed by atoms with Gasteiger partial charge < -0.3 is 19.5 Å². The van der Waals surface area contributed by atoms with Gasteiger partial charge in [0.05, 0.1) is 25.9 Å². The van der Waals surface area contributed by atoms with E-state index in [9.17, 15) is 4.79 Å². The molecule has 1 heterocycles. The first-order chi connectivity index (χ1) is 12.3. The van der Waals surface area contributed by atoms with E-state index in [4.69, 9.17) is 14.2 Å². The molecule has 1 N–H and O–H groups in total. The molecule has 0 aromatic heterocycles. The molecule has 6 heteroatoms. The van der Waals surface area contributed by atoms with Gasteiger partial charge in [0.1, 0.15) is 12.4 Å². The first-order valence-electron chi connectivity index (χ1n) is 9.18. The van der Waals surface area contributed by atoms with Gasteiger partial charge in [-0.25, -0.2) is 0 Å². The Labute approximate surface area is 156 Å². The summed E-state index contributed by atoms with van der Waals surface area (Å²) in [6.07, 6.45) is 0.417. The van der Waals surface area contributed by atoms with Gasteiger partial charge in [-0.2, -0.15) is 0 Å². The summed E-state index contributed by atoms with van der Waals surface area (Å²) >= 11 is 0. The van der Waals surface area contributed by atoms with Crippen LogP contribution in [0.15, 0.2) is 24.3 Å². The normalized spacial score (nSPS) is 21.4. The molecule has 0 aliphatic carbocycles. The zero-order chi connectivity index (χ0) is 19.2. The van der Waals surface area contributed by atoms with Crippen molar-refractivity contribution >= 4 is 5.91 Å². The van der Waals surface area contributed by atoms with Crippen LogP contribution in [0.2, 0.25) is 0 Å². The van der Waals surface area contributed by atoms with Crippen LogP contribution in [0.5, 0.6) is 5.75 Å². The SMILES string of the molecule is COc1cccc(COCC(=O)NCC(C)(C)N2CC(C)OC(C)C2)c1. The highest BCUT2D eigenvalue weighted by atomic mass is 16.5. The summed E-state index contributed by atoms with van der Waals surface area (Å²) in [7, 11) is 1.63. The fraction of sp³-hybridized carbons (Fsp3) is 0.650. The molecule has 2 unspecified atom stereocenters. The topological polar surface area (TPSA) is 60.0 Å². The summed E-state index contributed by atoms with van der Waals surface area (Å²) < 4.78 is 16.5. The van der Waals surface area contributed by atoms with Gasteiger partial charge in [0.25, 0.3) is 0 Å². The molecule has 2 rings (SSSR count). The number of morpholine rings is 1. The lowest BCUT2D eigenvalue weighted by Crippen LogP contribution is -2.58. The van der Waals surface area contributed by atoms with Crippen molar-refractivity contribution in [1.82, 2.24) is 10.2 Å². The summed E-state index contributed by atoms with van der Waals surface area (Å²) in [5.74, 6) is 0.682. The molecule has 1 aliphatic heterocycles. The number of carbonyl (C=O) groups excluding carboxylic acids is 1. The Balaban J connectivity index is 1.73. The predicted molar refractivity (Wildman–Crippen MR) is 101 cm³/mol. The molecular weight excluding hydrogens is 332 g/mol. The number of benzene rings is 1. The lowest BCUT2D eigenvalue weighted by atomic mass is 10.00. The third-order valence-corrected chi connectivity index (χ3v) is 4.63. The summed E-state index contributed by atoms with van der Waals surface area (Å²) in [5.41, 5.74) is 0.850. The van der Waals surface area contributed by atoms with Crippen molar-refractivity contribution in [3.05, 3.63) is 29.8 Å². The number of rotatable bonds is 8. The van der Waals surface area contributed by atoms with Crippen molar-refractivity contribution in [3.63, 3.8) is 0 Å². The Hall–Kier alpha value is -1.63. The minimum absolute atomic E-state index is 0.0448. The van der Waals surface area contributed by atoms with Crippen LogP contribution in [0.3, 0.4) is 0 Å². The average Bonchev–Trinajstić information content (AvgIpc) is 2.59. The molecule has 1 aromatic rings. The smallest absolute Gasteiger partial charge is 0.246 e. The van der Waals surface area contributed by atoms with Crippen LogP contribution < -0.4 is 10.1 Å². The predicted octanol–water partition coefficient (Wildman–Crippen LogP) is 2.22. The molecule has 146 valence electrons. The zero-order valence-corrected chi connectivity index (χ0v) is 16.6. The standard InChI is InChI=1S/C20H32N2O4/c1-15-10-22(11-16(2)26-15)20(3,4)14-21-19(23)13-25-12-17-7-6-8-18(9-17)24-5/h6-9,15-16H,10-14H2,1-5H3,(H,21,23). The van der Waals surface area contributed by atoms with Crippen molar-refractivity contribution in [2.24, 2.45) is 0 Å². The van der Waals surface area contributed by atoms with E-state index in [0.29, 0.717) is 13.2 Å². The van der Waals surface area contributed by atoms with E-state index in [1.807, 2.05) is 24.3 Å². The molecule has 1 fully saturated rings. The minimum atomic E-state index is -0.130. The fourth-order valence-electron chi connectivity index (χ4n) is 3.17. The van der Waals surface area contributed by atoms with Crippen LogP contribution in [0.4, 0.5) is 0 Å². The quantitative estimate of drug-likeness (QED) is 0.766. The molecule has 0 saturated carbocycles. The maximum atomic E-state index is 12.1. The molecule has 26 heavy (non-hydrogen) atoms. The van der Waals surface area contributed by atoms with Crippen molar-refractivity contribution in [2.45, 2.75) is 52.0 Å². The molecule has 0 radical (unpaired) electrons. The maximum absolute atomic E-state index is 12.1. The van der Waals surface area contributed by atoms with Crippen LogP contribution in [0.1, 0.15) is 33.3 Å². The Bertz CT molecular complexity index is 581. The van der Waals surface area contributed by atoms with Crippen molar-refractivity contribution in [3.8, 4) is 5.75 Å². The number of amides is 1. The first kappa shape index (κ1) is 20.7. The molecule has 1 amide bonds. The van der Waals surface area contributed by atoms with Gasteiger partial charge in [0.15, 0.2) is 0 Å². The van der Waals surface area contributed by atoms with E-state index in [2.05, 4.69) is 37.9 Å². The molecule has 6 nitrogen and oxygen atoms in total. The third kappa shape index (κ3) is 6.27.